The largest absolute Gasteiger partial charge is 0.271 e. The van der Waals surface area contributed by atoms with E-state index >= 15 is 0 Å². The lowest BCUT2D eigenvalue weighted by molar-refractivity contribution is 0.472. The molecule has 0 fully saturated rings. The number of hydrazine groups is 1. The summed E-state index contributed by atoms with van der Waals surface area (Å²) < 4.78 is 28.2. The third kappa shape index (κ3) is 3.55. The zero-order valence-corrected chi connectivity index (χ0v) is 12.7. The Labute approximate surface area is 129 Å². The van der Waals surface area contributed by atoms with Crippen LogP contribution in [0.3, 0.4) is 0 Å². The Morgan fingerprint density at radius 2 is 1.70 bits per heavy atom. The highest BCUT2D eigenvalue weighted by molar-refractivity contribution is 9.10. The first-order valence-electron chi connectivity index (χ1n) is 5.86. The molecule has 2 aromatic carbocycles. The lowest BCUT2D eigenvalue weighted by Gasteiger charge is -2.18. The Hall–Kier alpha value is -1.01. The van der Waals surface area contributed by atoms with Gasteiger partial charge in [0.1, 0.15) is 11.6 Å². The van der Waals surface area contributed by atoms with E-state index in [1.807, 2.05) is 0 Å². The number of hydrogen-bond acceptors (Lipinski definition) is 2. The molecule has 3 N–H and O–H groups in total. The lowest BCUT2D eigenvalue weighted by atomic mass is 9.98. The molecule has 6 heteroatoms. The fourth-order valence-electron chi connectivity index (χ4n) is 1.99. The second-order valence-electron chi connectivity index (χ2n) is 4.33. The van der Waals surface area contributed by atoms with Crippen LogP contribution in [0.4, 0.5) is 8.78 Å². The van der Waals surface area contributed by atoms with Crippen molar-refractivity contribution in [3.63, 3.8) is 0 Å². The van der Waals surface area contributed by atoms with Crippen molar-refractivity contribution >= 4 is 27.5 Å². The van der Waals surface area contributed by atoms with Crippen LogP contribution in [0.1, 0.15) is 17.2 Å². The van der Waals surface area contributed by atoms with Gasteiger partial charge in [0.15, 0.2) is 0 Å². The van der Waals surface area contributed by atoms with E-state index in [1.165, 1.54) is 12.1 Å². The zero-order chi connectivity index (χ0) is 14.7. The van der Waals surface area contributed by atoms with Gasteiger partial charge in [0.2, 0.25) is 0 Å². The van der Waals surface area contributed by atoms with Crippen molar-refractivity contribution in [1.29, 1.82) is 0 Å². The van der Waals surface area contributed by atoms with Crippen molar-refractivity contribution in [3.8, 4) is 0 Å². The summed E-state index contributed by atoms with van der Waals surface area (Å²) >= 11 is 8.85. The monoisotopic (exact) mass is 360 g/mol. The fourth-order valence-corrected chi connectivity index (χ4v) is 2.51. The SMILES string of the molecule is NNC(Cc1ccc(Cl)cc1)c1c(F)cc(Br)cc1F. The third-order valence-corrected chi connectivity index (χ3v) is 3.66. The molecule has 0 heterocycles. The van der Waals surface area contributed by atoms with Gasteiger partial charge < -0.3 is 0 Å². The quantitative estimate of drug-likeness (QED) is 0.635. The van der Waals surface area contributed by atoms with Gasteiger partial charge in [-0.1, -0.05) is 39.7 Å². The van der Waals surface area contributed by atoms with Gasteiger partial charge >= 0.3 is 0 Å². The standard InChI is InChI=1S/C14H12BrClF2N2/c15-9-6-11(17)14(12(18)7-9)13(20-19)5-8-1-3-10(16)4-2-8/h1-4,6-7,13,20H,5,19H2. The number of benzene rings is 2. The minimum atomic E-state index is -0.663. The molecule has 0 aliphatic carbocycles. The molecule has 2 rings (SSSR count). The molecule has 1 atom stereocenters. The van der Waals surface area contributed by atoms with Crippen LogP contribution < -0.4 is 11.3 Å². The Balaban J connectivity index is 2.31. The molecular weight excluding hydrogens is 350 g/mol. The smallest absolute Gasteiger partial charge is 0.132 e. The van der Waals surface area contributed by atoms with Crippen LogP contribution in [-0.2, 0) is 6.42 Å². The first-order valence-corrected chi connectivity index (χ1v) is 7.03. The van der Waals surface area contributed by atoms with Gasteiger partial charge in [0.05, 0.1) is 6.04 Å². The summed E-state index contributed by atoms with van der Waals surface area (Å²) in [5, 5.41) is 0.604. The molecule has 0 aliphatic heterocycles. The average Bonchev–Trinajstić information content (AvgIpc) is 2.38. The van der Waals surface area contributed by atoms with Crippen molar-refractivity contribution < 1.29 is 8.78 Å². The van der Waals surface area contributed by atoms with E-state index in [-0.39, 0.29) is 5.56 Å². The third-order valence-electron chi connectivity index (χ3n) is 2.95. The van der Waals surface area contributed by atoms with E-state index in [0.29, 0.717) is 15.9 Å². The summed E-state index contributed by atoms with van der Waals surface area (Å²) in [4.78, 5) is 0. The normalized spacial score (nSPS) is 12.4. The number of nitrogens with one attached hydrogen (secondary N) is 1. The minimum absolute atomic E-state index is 0.0781. The maximum absolute atomic E-state index is 13.9. The molecule has 1 unspecified atom stereocenters. The fraction of sp³-hybridized carbons (Fsp3) is 0.143. The van der Waals surface area contributed by atoms with Crippen molar-refractivity contribution in [3.05, 3.63) is 68.7 Å². The van der Waals surface area contributed by atoms with Crippen molar-refractivity contribution in [1.82, 2.24) is 5.43 Å². The number of halogens is 4. The zero-order valence-electron chi connectivity index (χ0n) is 10.3. The Bertz CT molecular complexity index is 582. The second-order valence-corrected chi connectivity index (χ2v) is 5.69. The van der Waals surface area contributed by atoms with Crippen LogP contribution in [0.2, 0.25) is 5.02 Å². The molecule has 2 aromatic rings. The van der Waals surface area contributed by atoms with Gasteiger partial charge in [-0.05, 0) is 36.2 Å². The van der Waals surface area contributed by atoms with Gasteiger partial charge in [-0.3, -0.25) is 11.3 Å². The number of hydrogen-bond donors (Lipinski definition) is 2. The van der Waals surface area contributed by atoms with Crippen LogP contribution in [0, 0.1) is 11.6 Å². The molecule has 0 saturated carbocycles. The molecule has 0 saturated heterocycles. The van der Waals surface area contributed by atoms with Crippen LogP contribution in [-0.4, -0.2) is 0 Å². The van der Waals surface area contributed by atoms with Crippen LogP contribution >= 0.6 is 27.5 Å². The Kier molecular flexibility index (Phi) is 5.10. The second kappa shape index (κ2) is 6.63. The molecule has 106 valence electrons. The first-order chi connectivity index (χ1) is 9.51. The molecular formula is C14H12BrClF2N2. The first kappa shape index (κ1) is 15.4. The summed E-state index contributed by atoms with van der Waals surface area (Å²) in [6.07, 6.45) is 0.350. The van der Waals surface area contributed by atoms with Crippen LogP contribution in [0.5, 0.6) is 0 Å². The lowest BCUT2D eigenvalue weighted by Crippen LogP contribution is -2.31. The topological polar surface area (TPSA) is 38.0 Å². The summed E-state index contributed by atoms with van der Waals surface area (Å²) in [5.74, 6) is 4.15. The predicted molar refractivity (Wildman–Crippen MR) is 79.3 cm³/mol. The predicted octanol–water partition coefficient (Wildman–Crippen LogP) is 4.13. The van der Waals surface area contributed by atoms with Crippen molar-refractivity contribution in [2.45, 2.75) is 12.5 Å². The number of nitrogens with two attached hydrogens (primary N) is 1. The van der Waals surface area contributed by atoms with Gasteiger partial charge in [-0.25, -0.2) is 8.78 Å². The van der Waals surface area contributed by atoms with E-state index < -0.39 is 17.7 Å². The van der Waals surface area contributed by atoms with Gasteiger partial charge in [0, 0.05) is 15.1 Å². The van der Waals surface area contributed by atoms with Crippen molar-refractivity contribution in [2.75, 3.05) is 0 Å². The molecule has 20 heavy (non-hydrogen) atoms. The van der Waals surface area contributed by atoms with Crippen molar-refractivity contribution in [2.24, 2.45) is 5.84 Å². The summed E-state index contributed by atoms with van der Waals surface area (Å²) in [7, 11) is 0. The van der Waals surface area contributed by atoms with E-state index in [1.54, 1.807) is 24.3 Å². The molecule has 2 nitrogen and oxygen atoms in total. The maximum Gasteiger partial charge on any atom is 0.132 e. The maximum atomic E-state index is 13.9. The van der Waals surface area contributed by atoms with E-state index in [2.05, 4.69) is 21.4 Å². The summed E-state index contributed by atoms with van der Waals surface area (Å²) in [5.41, 5.74) is 3.25. The van der Waals surface area contributed by atoms with Crippen LogP contribution in [0.25, 0.3) is 0 Å². The highest BCUT2D eigenvalue weighted by Gasteiger charge is 2.20. The molecule has 0 aliphatic rings. The highest BCUT2D eigenvalue weighted by atomic mass is 79.9. The molecule has 0 aromatic heterocycles. The molecule has 0 spiro atoms. The minimum Gasteiger partial charge on any atom is -0.271 e. The van der Waals surface area contributed by atoms with E-state index in [0.717, 1.165) is 5.56 Å². The molecule has 0 amide bonds. The molecule has 0 bridgehead atoms. The molecule has 0 radical (unpaired) electrons. The number of rotatable bonds is 4. The van der Waals surface area contributed by atoms with Gasteiger partial charge in [0.25, 0.3) is 0 Å². The Morgan fingerprint density at radius 3 is 2.20 bits per heavy atom. The van der Waals surface area contributed by atoms with Gasteiger partial charge in [-0.2, -0.15) is 0 Å². The summed E-state index contributed by atoms with van der Waals surface area (Å²) in [6, 6.07) is 8.79. The summed E-state index contributed by atoms with van der Waals surface area (Å²) in [6.45, 7) is 0. The Morgan fingerprint density at radius 1 is 1.15 bits per heavy atom. The highest BCUT2D eigenvalue weighted by Crippen LogP contribution is 2.27. The van der Waals surface area contributed by atoms with E-state index in [9.17, 15) is 8.78 Å². The van der Waals surface area contributed by atoms with Gasteiger partial charge in [-0.15, -0.1) is 0 Å². The average molecular weight is 362 g/mol. The van der Waals surface area contributed by atoms with Crippen LogP contribution in [0.15, 0.2) is 40.9 Å². The van der Waals surface area contributed by atoms with E-state index in [4.69, 9.17) is 17.4 Å².